The summed E-state index contributed by atoms with van der Waals surface area (Å²) in [5, 5.41) is 12.2. The number of nitrogens with zero attached hydrogens (tertiary/aromatic N) is 1. The van der Waals surface area contributed by atoms with E-state index in [9.17, 15) is 14.7 Å². The van der Waals surface area contributed by atoms with Crippen molar-refractivity contribution < 1.29 is 14.7 Å². The maximum atomic E-state index is 12.2. The number of carbonyl (C=O) groups is 2. The zero-order valence-corrected chi connectivity index (χ0v) is 11.1. The molecule has 0 aromatic rings. The van der Waals surface area contributed by atoms with Crippen molar-refractivity contribution in [3.63, 3.8) is 0 Å². The van der Waals surface area contributed by atoms with Crippen molar-refractivity contribution >= 4 is 12.0 Å². The highest BCUT2D eigenvalue weighted by atomic mass is 16.4. The summed E-state index contributed by atoms with van der Waals surface area (Å²) in [6.07, 6.45) is 4.86. The van der Waals surface area contributed by atoms with Crippen LogP contribution in [0.5, 0.6) is 0 Å². The standard InChI is InChI=1S/C13H22N2O3/c1-9(10-5-3-6-10)14-12(18)15-8-4-7-13(15,2)11(16)17/h9-10H,3-8H2,1-2H3,(H,14,18)(H,16,17). The van der Waals surface area contributed by atoms with Gasteiger partial charge in [0, 0.05) is 12.6 Å². The Kier molecular flexibility index (Phi) is 3.50. The minimum Gasteiger partial charge on any atom is -0.480 e. The Hall–Kier alpha value is -1.26. The SMILES string of the molecule is CC(NC(=O)N1CCCC1(C)C(=O)O)C1CCC1. The highest BCUT2D eigenvalue weighted by Gasteiger charge is 2.46. The third-order valence-corrected chi connectivity index (χ3v) is 4.56. The smallest absolute Gasteiger partial charge is 0.329 e. The van der Waals surface area contributed by atoms with Crippen LogP contribution in [0.1, 0.15) is 46.0 Å². The molecule has 1 aliphatic carbocycles. The summed E-state index contributed by atoms with van der Waals surface area (Å²) in [6, 6.07) is -0.0818. The van der Waals surface area contributed by atoms with Gasteiger partial charge >= 0.3 is 12.0 Å². The molecule has 0 aromatic carbocycles. The van der Waals surface area contributed by atoms with Gasteiger partial charge in [0.25, 0.3) is 0 Å². The van der Waals surface area contributed by atoms with Crippen molar-refractivity contribution in [2.45, 2.75) is 57.5 Å². The summed E-state index contributed by atoms with van der Waals surface area (Å²) in [5.41, 5.74) is -1.04. The van der Waals surface area contributed by atoms with E-state index in [-0.39, 0.29) is 12.1 Å². The Bertz CT molecular complexity index is 354. The molecule has 1 saturated carbocycles. The lowest BCUT2D eigenvalue weighted by atomic mass is 9.80. The van der Waals surface area contributed by atoms with E-state index in [1.165, 1.54) is 11.3 Å². The first-order valence-corrected chi connectivity index (χ1v) is 6.76. The second-order valence-electron chi connectivity index (χ2n) is 5.76. The monoisotopic (exact) mass is 254 g/mol. The van der Waals surface area contributed by atoms with Gasteiger partial charge in [0.15, 0.2) is 0 Å². The summed E-state index contributed by atoms with van der Waals surface area (Å²) < 4.78 is 0. The molecule has 1 saturated heterocycles. The van der Waals surface area contributed by atoms with E-state index in [4.69, 9.17) is 0 Å². The van der Waals surface area contributed by atoms with Crippen LogP contribution in [0.2, 0.25) is 0 Å². The van der Waals surface area contributed by atoms with Gasteiger partial charge in [-0.25, -0.2) is 9.59 Å². The van der Waals surface area contributed by atoms with E-state index in [1.54, 1.807) is 6.92 Å². The fourth-order valence-corrected chi connectivity index (χ4v) is 2.84. The lowest BCUT2D eigenvalue weighted by Gasteiger charge is -2.36. The van der Waals surface area contributed by atoms with E-state index in [0.29, 0.717) is 18.9 Å². The lowest BCUT2D eigenvalue weighted by Crippen LogP contribution is -2.56. The van der Waals surface area contributed by atoms with Crippen LogP contribution in [0, 0.1) is 5.92 Å². The summed E-state index contributed by atoms with van der Waals surface area (Å²) in [7, 11) is 0. The molecule has 5 heteroatoms. The van der Waals surface area contributed by atoms with E-state index < -0.39 is 11.5 Å². The van der Waals surface area contributed by atoms with Crippen LogP contribution in [0.4, 0.5) is 4.79 Å². The summed E-state index contributed by atoms with van der Waals surface area (Å²) >= 11 is 0. The van der Waals surface area contributed by atoms with Gasteiger partial charge in [-0.2, -0.15) is 0 Å². The van der Waals surface area contributed by atoms with Crippen molar-refractivity contribution in [1.29, 1.82) is 0 Å². The Morgan fingerprint density at radius 2 is 2.06 bits per heavy atom. The van der Waals surface area contributed by atoms with Crippen molar-refractivity contribution in [1.82, 2.24) is 10.2 Å². The fraction of sp³-hybridized carbons (Fsp3) is 0.846. The Balaban J connectivity index is 1.97. The summed E-state index contributed by atoms with van der Waals surface area (Å²) in [5.74, 6) is -0.348. The number of carbonyl (C=O) groups excluding carboxylic acids is 1. The maximum absolute atomic E-state index is 12.2. The van der Waals surface area contributed by atoms with E-state index >= 15 is 0 Å². The molecule has 2 fully saturated rings. The van der Waals surface area contributed by atoms with Gasteiger partial charge in [0.05, 0.1) is 0 Å². The van der Waals surface area contributed by atoms with E-state index in [0.717, 1.165) is 19.3 Å². The lowest BCUT2D eigenvalue weighted by molar-refractivity contribution is -0.147. The van der Waals surface area contributed by atoms with Crippen LogP contribution in [0.15, 0.2) is 0 Å². The molecular weight excluding hydrogens is 232 g/mol. The molecule has 0 spiro atoms. The molecule has 2 aliphatic rings. The molecule has 2 amide bonds. The first kappa shape index (κ1) is 13.2. The first-order valence-electron chi connectivity index (χ1n) is 6.76. The number of urea groups is 1. The number of likely N-dealkylation sites (tertiary alicyclic amines) is 1. The molecule has 2 N–H and O–H groups in total. The fourth-order valence-electron chi connectivity index (χ4n) is 2.84. The van der Waals surface area contributed by atoms with Crippen molar-refractivity contribution in [2.24, 2.45) is 5.92 Å². The van der Waals surface area contributed by atoms with Crippen molar-refractivity contribution in [3.8, 4) is 0 Å². The number of hydrogen-bond donors (Lipinski definition) is 2. The number of carboxylic acids is 1. The third kappa shape index (κ3) is 2.18. The molecule has 1 aliphatic heterocycles. The number of hydrogen-bond acceptors (Lipinski definition) is 2. The van der Waals surface area contributed by atoms with Gasteiger partial charge in [-0.05, 0) is 45.4 Å². The third-order valence-electron chi connectivity index (χ3n) is 4.56. The number of rotatable bonds is 3. The van der Waals surface area contributed by atoms with E-state index in [2.05, 4.69) is 5.32 Å². The summed E-state index contributed by atoms with van der Waals surface area (Å²) in [4.78, 5) is 25.0. The van der Waals surface area contributed by atoms with Crippen LogP contribution in [-0.4, -0.2) is 40.1 Å². The Morgan fingerprint density at radius 1 is 1.39 bits per heavy atom. The predicted molar refractivity (Wildman–Crippen MR) is 67.3 cm³/mol. The van der Waals surface area contributed by atoms with Crippen molar-refractivity contribution in [3.05, 3.63) is 0 Å². The molecule has 18 heavy (non-hydrogen) atoms. The van der Waals surface area contributed by atoms with Gasteiger partial charge in [-0.3, -0.25) is 0 Å². The second kappa shape index (κ2) is 4.78. The quantitative estimate of drug-likeness (QED) is 0.807. The van der Waals surface area contributed by atoms with Crippen LogP contribution in [0.3, 0.4) is 0 Å². The normalized spacial score (nSPS) is 29.8. The molecule has 2 rings (SSSR count). The van der Waals surface area contributed by atoms with Crippen LogP contribution in [0.25, 0.3) is 0 Å². The molecule has 102 valence electrons. The van der Waals surface area contributed by atoms with Crippen molar-refractivity contribution in [2.75, 3.05) is 6.54 Å². The molecule has 0 bridgehead atoms. The molecular formula is C13H22N2O3. The van der Waals surface area contributed by atoms with Gasteiger partial charge in [0.1, 0.15) is 5.54 Å². The van der Waals surface area contributed by atoms with Gasteiger partial charge in [-0.1, -0.05) is 6.42 Å². The van der Waals surface area contributed by atoms with Gasteiger partial charge < -0.3 is 15.3 Å². The number of aliphatic carboxylic acids is 1. The highest BCUT2D eigenvalue weighted by molar-refractivity contribution is 5.86. The second-order valence-corrected chi connectivity index (χ2v) is 5.76. The number of amides is 2. The molecule has 2 unspecified atom stereocenters. The highest BCUT2D eigenvalue weighted by Crippen LogP contribution is 2.31. The van der Waals surface area contributed by atoms with Gasteiger partial charge in [-0.15, -0.1) is 0 Å². The van der Waals surface area contributed by atoms with Crippen LogP contribution >= 0.6 is 0 Å². The van der Waals surface area contributed by atoms with Crippen LogP contribution < -0.4 is 5.32 Å². The number of carboxylic acid groups (broad SMARTS) is 1. The topological polar surface area (TPSA) is 69.6 Å². The average Bonchev–Trinajstić information content (AvgIpc) is 2.58. The van der Waals surface area contributed by atoms with E-state index in [1.807, 2.05) is 6.92 Å². The van der Waals surface area contributed by atoms with Crippen LogP contribution in [-0.2, 0) is 4.79 Å². The zero-order chi connectivity index (χ0) is 13.3. The molecule has 1 heterocycles. The Morgan fingerprint density at radius 3 is 2.56 bits per heavy atom. The Labute approximate surface area is 108 Å². The summed E-state index contributed by atoms with van der Waals surface area (Å²) in [6.45, 7) is 4.18. The number of nitrogens with one attached hydrogen (secondary N) is 1. The zero-order valence-electron chi connectivity index (χ0n) is 11.1. The van der Waals surface area contributed by atoms with Gasteiger partial charge in [0.2, 0.25) is 0 Å². The minimum absolute atomic E-state index is 0.143. The molecule has 0 aromatic heterocycles. The predicted octanol–water partition coefficient (Wildman–Crippen LogP) is 1.82. The average molecular weight is 254 g/mol. The molecule has 0 radical (unpaired) electrons. The first-order chi connectivity index (χ1) is 8.45. The minimum atomic E-state index is -1.04. The molecule has 5 nitrogen and oxygen atoms in total. The molecule has 2 atom stereocenters. The maximum Gasteiger partial charge on any atom is 0.329 e. The largest absolute Gasteiger partial charge is 0.480 e.